The number of carbonyl (C=O) groups excluding carboxylic acids is 2. The average molecular weight is 434 g/mol. The number of aryl methyl sites for hydroxylation is 1. The van der Waals surface area contributed by atoms with Crippen LogP contribution in [0.4, 0.5) is 5.69 Å². The predicted octanol–water partition coefficient (Wildman–Crippen LogP) is 5.08. The van der Waals surface area contributed by atoms with Gasteiger partial charge in [0.15, 0.2) is 0 Å². The Kier molecular flexibility index (Phi) is 6.58. The molecule has 0 radical (unpaired) electrons. The lowest BCUT2D eigenvalue weighted by molar-refractivity contribution is -0.112. The number of nitriles is 1. The molecule has 3 aromatic rings. The number of benzene rings is 2. The van der Waals surface area contributed by atoms with Crippen molar-refractivity contribution in [3.8, 4) is 11.8 Å². The van der Waals surface area contributed by atoms with E-state index < -0.39 is 11.9 Å². The first kappa shape index (κ1) is 21.9. The van der Waals surface area contributed by atoms with Gasteiger partial charge in [-0.2, -0.15) is 5.26 Å². The molecule has 1 amide bonds. The van der Waals surface area contributed by atoms with Gasteiger partial charge in [0.05, 0.1) is 12.7 Å². The van der Waals surface area contributed by atoms with Gasteiger partial charge in [-0.25, -0.2) is 4.79 Å². The van der Waals surface area contributed by atoms with Crippen LogP contribution in [-0.4, -0.2) is 23.6 Å². The number of hydrogen-bond acceptors (Lipinski definition) is 4. The number of hydrogen-bond donors (Lipinski definition) is 1. The van der Waals surface area contributed by atoms with Crippen LogP contribution in [0.5, 0.6) is 0 Å². The van der Waals surface area contributed by atoms with Crippen molar-refractivity contribution in [2.45, 2.75) is 13.8 Å². The Morgan fingerprint density at radius 1 is 1.10 bits per heavy atom. The Morgan fingerprint density at radius 2 is 1.74 bits per heavy atom. The maximum atomic E-state index is 12.6. The van der Waals surface area contributed by atoms with Crippen molar-refractivity contribution >= 4 is 35.2 Å². The van der Waals surface area contributed by atoms with Gasteiger partial charge in [-0.05, 0) is 80.1 Å². The highest BCUT2D eigenvalue weighted by Gasteiger charge is 2.14. The van der Waals surface area contributed by atoms with Gasteiger partial charge in [0.2, 0.25) is 0 Å². The summed E-state index contributed by atoms with van der Waals surface area (Å²) in [6.07, 6.45) is 1.56. The largest absolute Gasteiger partial charge is 0.465 e. The normalized spacial score (nSPS) is 11.0. The first-order valence-electron chi connectivity index (χ1n) is 9.40. The number of halogens is 1. The molecule has 31 heavy (non-hydrogen) atoms. The summed E-state index contributed by atoms with van der Waals surface area (Å²) in [5.41, 5.74) is 4.37. The van der Waals surface area contributed by atoms with E-state index in [2.05, 4.69) is 5.32 Å². The number of carbonyl (C=O) groups is 2. The van der Waals surface area contributed by atoms with Crippen molar-refractivity contribution in [3.05, 3.63) is 87.7 Å². The lowest BCUT2D eigenvalue weighted by atomic mass is 10.1. The van der Waals surface area contributed by atoms with E-state index in [1.807, 2.05) is 42.7 Å². The summed E-state index contributed by atoms with van der Waals surface area (Å²) >= 11 is 5.86. The maximum absolute atomic E-state index is 12.6. The van der Waals surface area contributed by atoms with Crippen molar-refractivity contribution in [1.82, 2.24) is 4.57 Å². The Bertz CT molecular complexity index is 1200. The highest BCUT2D eigenvalue weighted by atomic mass is 35.5. The maximum Gasteiger partial charge on any atom is 0.337 e. The number of nitrogens with zero attached hydrogens (tertiary/aromatic N) is 2. The Hall–Kier alpha value is -3.82. The van der Waals surface area contributed by atoms with Crippen molar-refractivity contribution in [2.24, 2.45) is 0 Å². The molecule has 0 unspecified atom stereocenters. The topological polar surface area (TPSA) is 84.1 Å². The fourth-order valence-electron chi connectivity index (χ4n) is 3.23. The van der Waals surface area contributed by atoms with Crippen LogP contribution in [0, 0.1) is 25.2 Å². The molecule has 0 aliphatic rings. The van der Waals surface area contributed by atoms with Gasteiger partial charge in [-0.3, -0.25) is 4.79 Å². The van der Waals surface area contributed by atoms with Gasteiger partial charge in [0.1, 0.15) is 11.6 Å². The number of amides is 1. The molecule has 3 rings (SSSR count). The van der Waals surface area contributed by atoms with E-state index in [0.29, 0.717) is 16.3 Å². The first-order valence-corrected chi connectivity index (χ1v) is 9.78. The Labute approximate surface area is 185 Å². The second-order valence-electron chi connectivity index (χ2n) is 6.83. The number of methoxy groups -OCH3 is 1. The molecule has 6 nitrogen and oxygen atoms in total. The summed E-state index contributed by atoms with van der Waals surface area (Å²) in [6.45, 7) is 3.83. The van der Waals surface area contributed by atoms with E-state index in [9.17, 15) is 14.9 Å². The number of esters is 1. The summed E-state index contributed by atoms with van der Waals surface area (Å²) in [6, 6.07) is 17.5. The van der Waals surface area contributed by atoms with Gasteiger partial charge < -0.3 is 14.6 Å². The minimum Gasteiger partial charge on any atom is -0.465 e. The molecule has 0 spiro atoms. The van der Waals surface area contributed by atoms with Crippen molar-refractivity contribution in [3.63, 3.8) is 0 Å². The highest BCUT2D eigenvalue weighted by Crippen LogP contribution is 2.24. The second kappa shape index (κ2) is 9.33. The zero-order valence-electron chi connectivity index (χ0n) is 17.3. The second-order valence-corrected chi connectivity index (χ2v) is 7.27. The van der Waals surface area contributed by atoms with Gasteiger partial charge in [0.25, 0.3) is 5.91 Å². The van der Waals surface area contributed by atoms with Crippen LogP contribution in [0.3, 0.4) is 0 Å². The number of nitrogens with one attached hydrogen (secondary N) is 1. The van der Waals surface area contributed by atoms with Crippen LogP contribution in [-0.2, 0) is 9.53 Å². The molecule has 0 aliphatic heterocycles. The molecule has 0 saturated carbocycles. The third-order valence-electron chi connectivity index (χ3n) is 4.78. The molecule has 156 valence electrons. The fraction of sp³-hybridized carbons (Fsp3) is 0.125. The molecular weight excluding hydrogens is 414 g/mol. The quantitative estimate of drug-likeness (QED) is 0.345. The monoisotopic (exact) mass is 433 g/mol. The molecule has 2 aromatic carbocycles. The third kappa shape index (κ3) is 4.85. The summed E-state index contributed by atoms with van der Waals surface area (Å²) in [7, 11) is 1.34. The highest BCUT2D eigenvalue weighted by molar-refractivity contribution is 6.30. The summed E-state index contributed by atoms with van der Waals surface area (Å²) in [5, 5.41) is 12.8. The molecule has 1 N–H and O–H groups in total. The molecule has 7 heteroatoms. The minimum absolute atomic E-state index is 0.0174. The van der Waals surface area contributed by atoms with E-state index >= 15 is 0 Å². The van der Waals surface area contributed by atoms with Gasteiger partial charge in [0, 0.05) is 27.8 Å². The van der Waals surface area contributed by atoms with Crippen LogP contribution in [0.25, 0.3) is 11.8 Å². The van der Waals surface area contributed by atoms with Crippen LogP contribution in [0.1, 0.15) is 27.3 Å². The minimum atomic E-state index is -0.503. The van der Waals surface area contributed by atoms with Crippen LogP contribution in [0.15, 0.2) is 60.2 Å². The van der Waals surface area contributed by atoms with Crippen molar-refractivity contribution in [2.75, 3.05) is 12.4 Å². The zero-order valence-corrected chi connectivity index (χ0v) is 18.0. The molecular formula is C24H20ClN3O3. The number of rotatable bonds is 5. The first-order chi connectivity index (χ1) is 14.8. The molecule has 1 heterocycles. The fourth-order valence-corrected chi connectivity index (χ4v) is 3.36. The summed E-state index contributed by atoms with van der Waals surface area (Å²) in [4.78, 5) is 24.2. The molecule has 0 aliphatic carbocycles. The zero-order chi connectivity index (χ0) is 22.5. The van der Waals surface area contributed by atoms with E-state index in [4.69, 9.17) is 16.3 Å². The van der Waals surface area contributed by atoms with E-state index in [0.717, 1.165) is 22.6 Å². The lowest BCUT2D eigenvalue weighted by Crippen LogP contribution is -2.13. The number of ether oxygens (including phenoxy) is 1. The molecule has 0 fully saturated rings. The standard InChI is InChI=1S/C24H20ClN3O3/c1-15-12-18(13-19(14-26)23(29)27-21-8-6-20(25)7-9-21)16(2)28(15)22-10-4-17(5-11-22)24(30)31-3/h4-13H,1-3H3,(H,27,29)/b19-13+. The summed E-state index contributed by atoms with van der Waals surface area (Å²) < 4.78 is 6.72. The molecule has 0 bridgehead atoms. The smallest absolute Gasteiger partial charge is 0.337 e. The van der Waals surface area contributed by atoms with Gasteiger partial charge in [-0.1, -0.05) is 11.6 Å². The average Bonchev–Trinajstić information content (AvgIpc) is 3.05. The molecule has 0 saturated heterocycles. The van der Waals surface area contributed by atoms with Crippen LogP contribution >= 0.6 is 11.6 Å². The lowest BCUT2D eigenvalue weighted by Gasteiger charge is -2.10. The van der Waals surface area contributed by atoms with Crippen LogP contribution < -0.4 is 5.32 Å². The van der Waals surface area contributed by atoms with Crippen LogP contribution in [0.2, 0.25) is 5.02 Å². The van der Waals surface area contributed by atoms with Gasteiger partial charge in [-0.15, -0.1) is 0 Å². The van der Waals surface area contributed by atoms with E-state index in [-0.39, 0.29) is 5.57 Å². The molecule has 1 aromatic heterocycles. The Balaban J connectivity index is 1.90. The predicted molar refractivity (Wildman–Crippen MR) is 120 cm³/mol. The third-order valence-corrected chi connectivity index (χ3v) is 5.04. The number of anilines is 1. The van der Waals surface area contributed by atoms with Gasteiger partial charge >= 0.3 is 5.97 Å². The summed E-state index contributed by atoms with van der Waals surface area (Å²) in [5.74, 6) is -0.904. The Morgan fingerprint density at radius 3 is 2.32 bits per heavy atom. The van der Waals surface area contributed by atoms with E-state index in [1.165, 1.54) is 7.11 Å². The molecule has 0 atom stereocenters. The van der Waals surface area contributed by atoms with Crippen molar-refractivity contribution in [1.29, 1.82) is 5.26 Å². The SMILES string of the molecule is COC(=O)c1ccc(-n2c(C)cc(/C=C(\C#N)C(=O)Nc3ccc(Cl)cc3)c2C)cc1. The number of aromatic nitrogens is 1. The van der Waals surface area contributed by atoms with Crippen molar-refractivity contribution < 1.29 is 14.3 Å². The van der Waals surface area contributed by atoms with E-state index in [1.54, 1.807) is 42.5 Å².